The third kappa shape index (κ3) is 5.98. The quantitative estimate of drug-likeness (QED) is 0.469. The fourth-order valence-electron chi connectivity index (χ4n) is 5.07. The van der Waals surface area contributed by atoms with Crippen LogP contribution in [0.1, 0.15) is 71.6 Å². The largest absolute Gasteiger partial charge is 0.460 e. The van der Waals surface area contributed by atoms with Crippen molar-refractivity contribution in [3.63, 3.8) is 0 Å². The molecule has 0 spiro atoms. The van der Waals surface area contributed by atoms with Crippen LogP contribution in [0.3, 0.4) is 0 Å². The molecule has 0 amide bonds. The molecule has 168 valence electrons. The summed E-state index contributed by atoms with van der Waals surface area (Å²) in [5.41, 5.74) is 2.10. The van der Waals surface area contributed by atoms with E-state index in [4.69, 9.17) is 4.74 Å². The van der Waals surface area contributed by atoms with Gasteiger partial charge in [0.05, 0.1) is 5.92 Å². The predicted molar refractivity (Wildman–Crippen MR) is 128 cm³/mol. The van der Waals surface area contributed by atoms with Gasteiger partial charge in [-0.15, -0.1) is 0 Å². The highest BCUT2D eigenvalue weighted by Crippen LogP contribution is 2.44. The molecule has 3 rings (SSSR count). The summed E-state index contributed by atoms with van der Waals surface area (Å²) in [7, 11) is 0. The van der Waals surface area contributed by atoms with E-state index in [1.165, 1.54) is 11.1 Å². The maximum absolute atomic E-state index is 13.3. The summed E-state index contributed by atoms with van der Waals surface area (Å²) < 4.78 is 5.90. The summed E-state index contributed by atoms with van der Waals surface area (Å²) in [6.07, 6.45) is 1.97. The van der Waals surface area contributed by atoms with Crippen LogP contribution in [-0.4, -0.2) is 22.5 Å². The molecule has 0 bridgehead atoms. The maximum atomic E-state index is 13.3. The lowest BCUT2D eigenvalue weighted by Crippen LogP contribution is -2.47. The molecule has 1 saturated carbocycles. The van der Waals surface area contributed by atoms with Gasteiger partial charge in [0, 0.05) is 18.6 Å². The lowest BCUT2D eigenvalue weighted by molar-refractivity contribution is -0.162. The van der Waals surface area contributed by atoms with Crippen LogP contribution in [-0.2, 0) is 16.1 Å². The molecule has 31 heavy (non-hydrogen) atoms. The summed E-state index contributed by atoms with van der Waals surface area (Å²) in [6, 6.07) is 21.7. The van der Waals surface area contributed by atoms with Crippen LogP contribution in [0.5, 0.6) is 0 Å². The summed E-state index contributed by atoms with van der Waals surface area (Å²) in [4.78, 5) is 15.9. The second-order valence-corrected chi connectivity index (χ2v) is 10.4. The zero-order chi connectivity index (χ0) is 22.6. The van der Waals surface area contributed by atoms with Crippen molar-refractivity contribution in [2.24, 2.45) is 17.8 Å². The van der Waals surface area contributed by atoms with Gasteiger partial charge in [0.15, 0.2) is 0 Å². The van der Waals surface area contributed by atoms with Crippen LogP contribution in [0.2, 0.25) is 0 Å². The number of esters is 1. The lowest BCUT2D eigenvalue weighted by Gasteiger charge is -2.41. The van der Waals surface area contributed by atoms with E-state index in [0.717, 1.165) is 19.4 Å². The highest BCUT2D eigenvalue weighted by Gasteiger charge is 2.47. The SMILES string of the molecule is CC(C)[C@H]1CC[C@@H](C(=O)OC(C)(C)C)[C@H]1N(Cc1ccccc1)[C@H](C)c1ccccc1. The number of hydrogen-bond donors (Lipinski definition) is 0. The smallest absolute Gasteiger partial charge is 0.311 e. The van der Waals surface area contributed by atoms with Gasteiger partial charge in [-0.3, -0.25) is 9.69 Å². The molecule has 4 atom stereocenters. The Morgan fingerprint density at radius 2 is 1.55 bits per heavy atom. The van der Waals surface area contributed by atoms with Crippen molar-refractivity contribution >= 4 is 5.97 Å². The molecule has 0 unspecified atom stereocenters. The second-order valence-electron chi connectivity index (χ2n) is 10.4. The monoisotopic (exact) mass is 421 g/mol. The van der Waals surface area contributed by atoms with Crippen molar-refractivity contribution in [3.05, 3.63) is 71.8 Å². The first-order valence-corrected chi connectivity index (χ1v) is 11.7. The molecule has 1 fully saturated rings. The van der Waals surface area contributed by atoms with Gasteiger partial charge in [-0.05, 0) is 63.5 Å². The maximum Gasteiger partial charge on any atom is 0.311 e. The Kier molecular flexibility index (Phi) is 7.59. The zero-order valence-electron chi connectivity index (χ0n) is 20.0. The molecule has 2 aromatic carbocycles. The second kappa shape index (κ2) is 9.99. The van der Waals surface area contributed by atoms with Crippen LogP contribution in [0.4, 0.5) is 0 Å². The van der Waals surface area contributed by atoms with E-state index < -0.39 is 5.60 Å². The Balaban J connectivity index is 2.00. The number of carbonyl (C=O) groups excluding carboxylic acids is 1. The molecule has 0 saturated heterocycles. The number of hydrogen-bond acceptors (Lipinski definition) is 3. The van der Waals surface area contributed by atoms with Gasteiger partial charge >= 0.3 is 5.97 Å². The summed E-state index contributed by atoms with van der Waals surface area (Å²) in [5, 5.41) is 0. The molecule has 0 aromatic heterocycles. The van der Waals surface area contributed by atoms with Crippen LogP contribution in [0.25, 0.3) is 0 Å². The minimum atomic E-state index is -0.465. The highest BCUT2D eigenvalue weighted by molar-refractivity contribution is 5.74. The fourth-order valence-corrected chi connectivity index (χ4v) is 5.07. The first-order chi connectivity index (χ1) is 14.7. The molecule has 0 aliphatic heterocycles. The predicted octanol–water partition coefficient (Wildman–Crippen LogP) is 6.64. The Hall–Kier alpha value is -2.13. The standard InChI is InChI=1S/C28H39NO2/c1-20(2)24-17-18-25(27(30)31-28(4,5)6)26(24)29(19-22-13-9-7-10-14-22)21(3)23-15-11-8-12-16-23/h7-16,20-21,24-26H,17-19H2,1-6H3/t21-,24-,25-,26+/m1/s1. The summed E-state index contributed by atoms with van der Waals surface area (Å²) >= 11 is 0. The van der Waals surface area contributed by atoms with Crippen molar-refractivity contribution < 1.29 is 9.53 Å². The molecule has 0 radical (unpaired) electrons. The van der Waals surface area contributed by atoms with E-state index in [2.05, 4.69) is 86.3 Å². The van der Waals surface area contributed by atoms with Crippen molar-refractivity contribution in [2.75, 3.05) is 0 Å². The first-order valence-electron chi connectivity index (χ1n) is 11.7. The molecular formula is C28H39NO2. The third-order valence-corrected chi connectivity index (χ3v) is 6.60. The molecule has 1 aliphatic rings. The van der Waals surface area contributed by atoms with Gasteiger partial charge in [0.25, 0.3) is 0 Å². The number of benzene rings is 2. The molecule has 3 heteroatoms. The number of ether oxygens (including phenoxy) is 1. The van der Waals surface area contributed by atoms with Crippen LogP contribution >= 0.6 is 0 Å². The van der Waals surface area contributed by atoms with Crippen molar-refractivity contribution in [3.8, 4) is 0 Å². The molecular weight excluding hydrogens is 382 g/mol. The van der Waals surface area contributed by atoms with Gasteiger partial charge in [-0.25, -0.2) is 0 Å². The average Bonchev–Trinajstić information content (AvgIpc) is 3.17. The van der Waals surface area contributed by atoms with Crippen molar-refractivity contribution in [1.29, 1.82) is 0 Å². The normalized spacial score (nSPS) is 22.6. The van der Waals surface area contributed by atoms with E-state index in [9.17, 15) is 4.79 Å². The Bertz CT molecular complexity index is 825. The van der Waals surface area contributed by atoms with E-state index >= 15 is 0 Å². The van der Waals surface area contributed by atoms with Crippen LogP contribution < -0.4 is 0 Å². The topological polar surface area (TPSA) is 29.5 Å². The summed E-state index contributed by atoms with van der Waals surface area (Å²) in [6.45, 7) is 13.6. The fraction of sp³-hybridized carbons (Fsp3) is 0.536. The van der Waals surface area contributed by atoms with Crippen LogP contribution in [0, 0.1) is 17.8 Å². The van der Waals surface area contributed by atoms with E-state index in [-0.39, 0.29) is 24.0 Å². The van der Waals surface area contributed by atoms with Gasteiger partial charge in [0.2, 0.25) is 0 Å². The van der Waals surface area contributed by atoms with E-state index in [1.807, 2.05) is 20.8 Å². The molecule has 1 aliphatic carbocycles. The van der Waals surface area contributed by atoms with Crippen molar-refractivity contribution in [1.82, 2.24) is 4.90 Å². The highest BCUT2D eigenvalue weighted by atomic mass is 16.6. The van der Waals surface area contributed by atoms with E-state index in [1.54, 1.807) is 0 Å². The Morgan fingerprint density at radius 3 is 2.10 bits per heavy atom. The van der Waals surface area contributed by atoms with Crippen molar-refractivity contribution in [2.45, 2.75) is 78.6 Å². The first kappa shape index (κ1) is 23.5. The van der Waals surface area contributed by atoms with E-state index in [0.29, 0.717) is 11.8 Å². The van der Waals surface area contributed by atoms with Gasteiger partial charge in [0.1, 0.15) is 5.60 Å². The average molecular weight is 422 g/mol. The van der Waals surface area contributed by atoms with Gasteiger partial charge in [-0.1, -0.05) is 74.5 Å². The molecule has 3 nitrogen and oxygen atoms in total. The lowest BCUT2D eigenvalue weighted by atomic mass is 9.85. The van der Waals surface area contributed by atoms with Crippen LogP contribution in [0.15, 0.2) is 60.7 Å². The minimum absolute atomic E-state index is 0.0426. The third-order valence-electron chi connectivity index (χ3n) is 6.60. The van der Waals surface area contributed by atoms with Gasteiger partial charge < -0.3 is 4.74 Å². The zero-order valence-corrected chi connectivity index (χ0v) is 20.0. The molecule has 0 heterocycles. The Labute approximate surface area is 188 Å². The Morgan fingerprint density at radius 1 is 0.968 bits per heavy atom. The molecule has 2 aromatic rings. The number of carbonyl (C=O) groups is 1. The van der Waals surface area contributed by atoms with Gasteiger partial charge in [-0.2, -0.15) is 0 Å². The number of nitrogens with zero attached hydrogens (tertiary/aromatic N) is 1. The minimum Gasteiger partial charge on any atom is -0.460 e. The molecule has 0 N–H and O–H groups in total. The number of rotatable bonds is 7. The summed E-state index contributed by atoms with van der Waals surface area (Å²) in [5.74, 6) is 0.839.